The molecule has 0 saturated carbocycles. The minimum absolute atomic E-state index is 0.159. The maximum absolute atomic E-state index is 12.8. The average Bonchev–Trinajstić information content (AvgIpc) is 2.39. The van der Waals surface area contributed by atoms with E-state index in [1.165, 1.54) is 6.07 Å². The van der Waals surface area contributed by atoms with Gasteiger partial charge >= 0.3 is 6.18 Å². The van der Waals surface area contributed by atoms with Crippen LogP contribution >= 0.6 is 11.8 Å². The van der Waals surface area contributed by atoms with E-state index in [0.717, 1.165) is 16.7 Å². The van der Waals surface area contributed by atoms with Gasteiger partial charge in [0.1, 0.15) is 10.8 Å². The number of hydrogen-bond acceptors (Lipinski definition) is 5. The molecule has 2 rings (SSSR count). The van der Waals surface area contributed by atoms with Crippen molar-refractivity contribution < 1.29 is 13.2 Å². The van der Waals surface area contributed by atoms with Gasteiger partial charge in [0.2, 0.25) is 5.82 Å². The van der Waals surface area contributed by atoms with Gasteiger partial charge in [-0.1, -0.05) is 11.8 Å². The van der Waals surface area contributed by atoms with Crippen LogP contribution in [0.5, 0.6) is 0 Å². The van der Waals surface area contributed by atoms with E-state index >= 15 is 0 Å². The van der Waals surface area contributed by atoms with Crippen LogP contribution in [-0.2, 0) is 6.18 Å². The molecule has 2 heterocycles. The Balaban J connectivity index is 2.34. The van der Waals surface area contributed by atoms with Gasteiger partial charge in [-0.3, -0.25) is 4.98 Å². The molecule has 0 bridgehead atoms. The van der Waals surface area contributed by atoms with Crippen molar-refractivity contribution in [2.24, 2.45) is 0 Å². The Hall–Kier alpha value is -1.83. The number of aromatic nitrogens is 3. The molecule has 0 unspecified atom stereocenters. The molecule has 0 atom stereocenters. The number of nitrogens with one attached hydrogen (secondary N) is 1. The second-order valence-electron chi connectivity index (χ2n) is 3.73. The zero-order valence-corrected chi connectivity index (χ0v) is 11.3. The molecular formula is C12H11F3N4S. The molecule has 0 aliphatic carbocycles. The number of alkyl halides is 3. The standard InChI is InChI=1S/C12H11F3N4S/c1-2-17-9-7-10(19-11(18-9)12(13,14)15)20-8-3-5-16-6-4-8/h3-7H,2H2,1H3,(H,17,18,19). The fraction of sp³-hybridized carbons (Fsp3) is 0.250. The maximum atomic E-state index is 12.8. The van der Waals surface area contributed by atoms with E-state index < -0.39 is 12.0 Å². The number of hydrogen-bond donors (Lipinski definition) is 1. The Morgan fingerprint density at radius 2 is 1.90 bits per heavy atom. The third kappa shape index (κ3) is 3.83. The second-order valence-corrected chi connectivity index (χ2v) is 4.82. The summed E-state index contributed by atoms with van der Waals surface area (Å²) in [4.78, 5) is 11.6. The van der Waals surface area contributed by atoms with Crippen LogP contribution in [0.3, 0.4) is 0 Å². The molecule has 20 heavy (non-hydrogen) atoms. The predicted molar refractivity (Wildman–Crippen MR) is 69.6 cm³/mol. The second kappa shape index (κ2) is 6.08. The van der Waals surface area contributed by atoms with E-state index in [0.29, 0.717) is 6.54 Å². The summed E-state index contributed by atoms with van der Waals surface area (Å²) in [6.07, 6.45) is -1.43. The van der Waals surface area contributed by atoms with Crippen molar-refractivity contribution in [3.8, 4) is 0 Å². The van der Waals surface area contributed by atoms with Gasteiger partial charge in [0.15, 0.2) is 0 Å². The third-order valence-corrected chi connectivity index (χ3v) is 3.11. The predicted octanol–water partition coefficient (Wildman–Crippen LogP) is 3.47. The highest BCUT2D eigenvalue weighted by molar-refractivity contribution is 7.99. The van der Waals surface area contributed by atoms with Gasteiger partial charge in [-0.2, -0.15) is 13.2 Å². The molecule has 2 aromatic heterocycles. The lowest BCUT2D eigenvalue weighted by atomic mass is 10.5. The lowest BCUT2D eigenvalue weighted by Gasteiger charge is -2.10. The molecule has 1 N–H and O–H groups in total. The van der Waals surface area contributed by atoms with Crippen LogP contribution in [0.4, 0.5) is 19.0 Å². The molecule has 2 aromatic rings. The Bertz CT molecular complexity index is 575. The highest BCUT2D eigenvalue weighted by Crippen LogP contribution is 2.32. The fourth-order valence-corrected chi connectivity index (χ4v) is 2.20. The van der Waals surface area contributed by atoms with E-state index in [1.54, 1.807) is 31.5 Å². The molecule has 0 amide bonds. The summed E-state index contributed by atoms with van der Waals surface area (Å²) < 4.78 is 38.3. The van der Waals surface area contributed by atoms with Gasteiger partial charge in [-0.25, -0.2) is 9.97 Å². The first-order chi connectivity index (χ1) is 9.49. The first-order valence-corrected chi connectivity index (χ1v) is 6.58. The van der Waals surface area contributed by atoms with Crippen LogP contribution in [0.15, 0.2) is 40.5 Å². The Labute approximate surface area is 117 Å². The summed E-state index contributed by atoms with van der Waals surface area (Å²) in [5.74, 6) is -0.987. The van der Waals surface area contributed by atoms with Crippen molar-refractivity contribution in [2.45, 2.75) is 23.0 Å². The summed E-state index contributed by atoms with van der Waals surface area (Å²) in [5, 5.41) is 3.00. The molecule has 0 radical (unpaired) electrons. The monoisotopic (exact) mass is 300 g/mol. The van der Waals surface area contributed by atoms with Crippen LogP contribution in [0.2, 0.25) is 0 Å². The summed E-state index contributed by atoms with van der Waals surface area (Å²) in [7, 11) is 0. The average molecular weight is 300 g/mol. The lowest BCUT2D eigenvalue weighted by Crippen LogP contribution is -2.13. The fourth-order valence-electron chi connectivity index (χ4n) is 1.40. The van der Waals surface area contributed by atoms with Crippen LogP contribution in [0.25, 0.3) is 0 Å². The third-order valence-electron chi connectivity index (χ3n) is 2.19. The SMILES string of the molecule is CCNc1cc(Sc2ccncc2)nc(C(F)(F)F)n1. The summed E-state index contributed by atoms with van der Waals surface area (Å²) in [6, 6.07) is 4.89. The zero-order chi connectivity index (χ0) is 14.6. The Kier molecular flexibility index (Phi) is 4.43. The Morgan fingerprint density at radius 1 is 1.20 bits per heavy atom. The number of halogens is 3. The first kappa shape index (κ1) is 14.6. The summed E-state index contributed by atoms with van der Waals surface area (Å²) in [5.41, 5.74) is 0. The molecule has 8 heteroatoms. The molecule has 4 nitrogen and oxygen atoms in total. The zero-order valence-electron chi connectivity index (χ0n) is 10.5. The number of nitrogens with zero attached hydrogens (tertiary/aromatic N) is 3. The van der Waals surface area contributed by atoms with E-state index in [4.69, 9.17) is 0 Å². The van der Waals surface area contributed by atoms with Gasteiger partial charge in [0, 0.05) is 29.9 Å². The molecule has 0 fully saturated rings. The highest BCUT2D eigenvalue weighted by atomic mass is 32.2. The quantitative estimate of drug-likeness (QED) is 0.876. The topological polar surface area (TPSA) is 50.7 Å². The molecule has 106 valence electrons. The lowest BCUT2D eigenvalue weighted by molar-refractivity contribution is -0.145. The van der Waals surface area contributed by atoms with Crippen LogP contribution in [0.1, 0.15) is 12.7 Å². The van der Waals surface area contributed by atoms with Gasteiger partial charge in [-0.15, -0.1) is 0 Å². The molecular weight excluding hydrogens is 289 g/mol. The largest absolute Gasteiger partial charge is 0.451 e. The van der Waals surface area contributed by atoms with E-state index in [-0.39, 0.29) is 10.8 Å². The van der Waals surface area contributed by atoms with Crippen molar-refractivity contribution in [3.63, 3.8) is 0 Å². The maximum Gasteiger partial charge on any atom is 0.451 e. The normalized spacial score (nSPS) is 11.4. The van der Waals surface area contributed by atoms with Crippen LogP contribution < -0.4 is 5.32 Å². The van der Waals surface area contributed by atoms with E-state index in [9.17, 15) is 13.2 Å². The summed E-state index contributed by atoms with van der Waals surface area (Å²) in [6.45, 7) is 2.26. The Morgan fingerprint density at radius 3 is 2.50 bits per heavy atom. The first-order valence-electron chi connectivity index (χ1n) is 5.77. The van der Waals surface area contributed by atoms with Crippen LogP contribution in [0, 0.1) is 0 Å². The molecule has 0 aromatic carbocycles. The van der Waals surface area contributed by atoms with Gasteiger partial charge in [0.05, 0.1) is 0 Å². The van der Waals surface area contributed by atoms with Crippen molar-refractivity contribution >= 4 is 17.6 Å². The van der Waals surface area contributed by atoms with Crippen LogP contribution in [-0.4, -0.2) is 21.5 Å². The molecule has 0 spiro atoms. The minimum Gasteiger partial charge on any atom is -0.370 e. The smallest absolute Gasteiger partial charge is 0.370 e. The van der Waals surface area contributed by atoms with Crippen molar-refractivity contribution in [1.82, 2.24) is 15.0 Å². The number of pyridine rings is 1. The van der Waals surface area contributed by atoms with Gasteiger partial charge in [-0.05, 0) is 19.1 Å². The van der Waals surface area contributed by atoms with Gasteiger partial charge in [0.25, 0.3) is 0 Å². The molecule has 0 aliphatic rings. The summed E-state index contributed by atoms with van der Waals surface area (Å²) >= 11 is 1.13. The highest BCUT2D eigenvalue weighted by Gasteiger charge is 2.35. The van der Waals surface area contributed by atoms with Crippen molar-refractivity contribution in [2.75, 3.05) is 11.9 Å². The molecule has 0 saturated heterocycles. The number of rotatable bonds is 4. The minimum atomic E-state index is -4.57. The van der Waals surface area contributed by atoms with E-state index in [2.05, 4.69) is 20.3 Å². The van der Waals surface area contributed by atoms with E-state index in [1.807, 2.05) is 0 Å². The number of anilines is 1. The van der Waals surface area contributed by atoms with Crippen molar-refractivity contribution in [3.05, 3.63) is 36.4 Å². The van der Waals surface area contributed by atoms with Crippen molar-refractivity contribution in [1.29, 1.82) is 0 Å². The molecule has 0 aliphatic heterocycles. The van der Waals surface area contributed by atoms with Gasteiger partial charge < -0.3 is 5.32 Å².